The van der Waals surface area contributed by atoms with E-state index in [-0.39, 0.29) is 35.1 Å². The molecule has 254 valence electrons. The van der Waals surface area contributed by atoms with Gasteiger partial charge in [0.1, 0.15) is 5.75 Å². The van der Waals surface area contributed by atoms with Gasteiger partial charge in [-0.25, -0.2) is 4.79 Å². The molecule has 0 bridgehead atoms. The zero-order valence-electron chi connectivity index (χ0n) is 27.9. The molecule has 9 heteroatoms. The van der Waals surface area contributed by atoms with Crippen LogP contribution in [0.1, 0.15) is 62.1 Å². The van der Waals surface area contributed by atoms with Crippen molar-refractivity contribution in [3.05, 3.63) is 83.4 Å². The first-order valence-corrected chi connectivity index (χ1v) is 17.2. The summed E-state index contributed by atoms with van der Waals surface area (Å²) in [6, 6.07) is 11.4. The van der Waals surface area contributed by atoms with Crippen LogP contribution >= 0.6 is 11.6 Å². The van der Waals surface area contributed by atoms with Gasteiger partial charge in [0.25, 0.3) is 0 Å². The summed E-state index contributed by atoms with van der Waals surface area (Å²) in [5.41, 5.74) is 0.920. The standard InChI is InChI=1S/C38H49ClN2O6/c1-6-9-19-40(4)35(43)30(7-2)38(45,36(44)46-5)27-13-17-34-32(21-27)41(22-26-12-15-29(26)33(42)8-3)23-37(24-47-34)18-10-11-25-20-28(39)14-16-31(25)37/h6,8,13-14,16-17,20-21,26,29-30,33,42,45H,1,3,7,9-12,15,18-19,22-24H2,2,4-5H3/t26-,29+,30+,33-,37-,38-/m0/s1. The first-order valence-electron chi connectivity index (χ1n) is 16.8. The first-order chi connectivity index (χ1) is 22.5. The fourth-order valence-corrected chi connectivity index (χ4v) is 8.20. The molecule has 0 saturated heterocycles. The molecule has 1 fully saturated rings. The van der Waals surface area contributed by atoms with Crippen LogP contribution in [0, 0.1) is 17.8 Å². The molecule has 5 rings (SSSR count). The van der Waals surface area contributed by atoms with E-state index in [1.165, 1.54) is 23.1 Å². The third-order valence-electron chi connectivity index (χ3n) is 10.8. The van der Waals surface area contributed by atoms with Gasteiger partial charge in [0.15, 0.2) is 5.60 Å². The number of halogens is 1. The molecule has 1 spiro atoms. The van der Waals surface area contributed by atoms with Gasteiger partial charge < -0.3 is 29.5 Å². The van der Waals surface area contributed by atoms with Crippen LogP contribution in [0.4, 0.5) is 5.69 Å². The van der Waals surface area contributed by atoms with Crippen LogP contribution in [0.2, 0.25) is 5.02 Å². The number of aryl methyl sites for hydroxylation is 1. The molecular formula is C38H49ClN2O6. The summed E-state index contributed by atoms with van der Waals surface area (Å²) in [6.45, 7) is 11.5. The Morgan fingerprint density at radius 1 is 1.26 bits per heavy atom. The second-order valence-electron chi connectivity index (χ2n) is 13.6. The molecule has 6 atom stereocenters. The number of aliphatic hydroxyl groups is 2. The van der Waals surface area contributed by atoms with E-state index < -0.39 is 23.6 Å². The number of hydrogen-bond donors (Lipinski definition) is 2. The average molecular weight is 665 g/mol. The number of rotatable bonds is 12. The Balaban J connectivity index is 1.60. The normalized spacial score (nSPS) is 24.3. The minimum atomic E-state index is -2.24. The van der Waals surface area contributed by atoms with Crippen molar-refractivity contribution in [1.29, 1.82) is 0 Å². The summed E-state index contributed by atoms with van der Waals surface area (Å²) in [7, 11) is 2.89. The highest BCUT2D eigenvalue weighted by atomic mass is 35.5. The van der Waals surface area contributed by atoms with Crippen LogP contribution < -0.4 is 9.64 Å². The smallest absolute Gasteiger partial charge is 0.343 e. The van der Waals surface area contributed by atoms with Crippen LogP contribution in [0.25, 0.3) is 0 Å². The maximum atomic E-state index is 13.7. The molecule has 47 heavy (non-hydrogen) atoms. The summed E-state index contributed by atoms with van der Waals surface area (Å²) >= 11 is 6.43. The summed E-state index contributed by atoms with van der Waals surface area (Å²) in [6.07, 6.45) is 8.31. The quantitative estimate of drug-likeness (QED) is 0.218. The number of methoxy groups -OCH3 is 1. The minimum Gasteiger partial charge on any atom is -0.490 e. The van der Waals surface area contributed by atoms with Crippen LogP contribution in [-0.2, 0) is 31.8 Å². The molecule has 1 saturated carbocycles. The first kappa shape index (κ1) is 35.0. The lowest BCUT2D eigenvalue weighted by Crippen LogP contribution is -2.51. The number of carbonyl (C=O) groups is 2. The molecule has 1 heterocycles. The molecule has 2 N–H and O–H groups in total. The summed E-state index contributed by atoms with van der Waals surface area (Å²) in [5, 5.41) is 23.8. The van der Waals surface area contributed by atoms with Crippen molar-refractivity contribution in [3.63, 3.8) is 0 Å². The molecule has 0 unspecified atom stereocenters. The van der Waals surface area contributed by atoms with E-state index in [1.54, 1.807) is 44.3 Å². The molecule has 3 aliphatic rings. The van der Waals surface area contributed by atoms with Crippen molar-refractivity contribution in [2.24, 2.45) is 17.8 Å². The van der Waals surface area contributed by atoms with Crippen molar-refractivity contribution in [2.75, 3.05) is 45.3 Å². The highest BCUT2D eigenvalue weighted by Gasteiger charge is 2.51. The van der Waals surface area contributed by atoms with Crippen LogP contribution in [0.15, 0.2) is 61.7 Å². The van der Waals surface area contributed by atoms with Crippen molar-refractivity contribution < 1.29 is 29.3 Å². The number of hydrogen-bond acceptors (Lipinski definition) is 7. The Bertz CT molecular complexity index is 1500. The highest BCUT2D eigenvalue weighted by Crippen LogP contribution is 2.48. The van der Waals surface area contributed by atoms with Gasteiger partial charge in [0, 0.05) is 37.1 Å². The van der Waals surface area contributed by atoms with Crippen molar-refractivity contribution in [1.82, 2.24) is 4.90 Å². The third-order valence-corrected chi connectivity index (χ3v) is 11.1. The van der Waals surface area contributed by atoms with Crippen molar-refractivity contribution in [2.45, 2.75) is 69.0 Å². The van der Waals surface area contributed by atoms with E-state index in [0.29, 0.717) is 43.4 Å². The maximum Gasteiger partial charge on any atom is 0.343 e. The Kier molecular flexibility index (Phi) is 10.7. The second kappa shape index (κ2) is 14.4. The number of esters is 1. The number of benzene rings is 2. The number of amides is 1. The molecular weight excluding hydrogens is 616 g/mol. The van der Waals surface area contributed by atoms with Gasteiger partial charge in [0.05, 0.1) is 31.4 Å². The van der Waals surface area contributed by atoms with Gasteiger partial charge in [-0.05, 0) is 97.7 Å². The van der Waals surface area contributed by atoms with Gasteiger partial charge in [0.2, 0.25) is 5.91 Å². The fraction of sp³-hybridized carbons (Fsp3) is 0.526. The van der Waals surface area contributed by atoms with Gasteiger partial charge in [-0.3, -0.25) is 4.79 Å². The van der Waals surface area contributed by atoms with Crippen LogP contribution in [-0.4, -0.2) is 73.5 Å². The predicted molar refractivity (Wildman–Crippen MR) is 185 cm³/mol. The lowest BCUT2D eigenvalue weighted by atomic mass is 9.68. The van der Waals surface area contributed by atoms with Gasteiger partial charge in [-0.15, -0.1) is 13.2 Å². The Morgan fingerprint density at radius 2 is 2.04 bits per heavy atom. The molecule has 2 aliphatic carbocycles. The van der Waals surface area contributed by atoms with E-state index in [4.69, 9.17) is 21.1 Å². The topological polar surface area (TPSA) is 99.5 Å². The number of nitrogens with zero attached hydrogens (tertiary/aromatic N) is 2. The lowest BCUT2D eigenvalue weighted by molar-refractivity contribution is -0.176. The van der Waals surface area contributed by atoms with E-state index >= 15 is 0 Å². The summed E-state index contributed by atoms with van der Waals surface area (Å²) in [5.74, 6) is -1.37. The number of anilines is 1. The summed E-state index contributed by atoms with van der Waals surface area (Å²) in [4.78, 5) is 31.1. The van der Waals surface area contributed by atoms with Gasteiger partial charge >= 0.3 is 5.97 Å². The third kappa shape index (κ3) is 6.57. The van der Waals surface area contributed by atoms with Crippen molar-refractivity contribution in [3.8, 4) is 5.75 Å². The van der Waals surface area contributed by atoms with E-state index in [9.17, 15) is 19.8 Å². The molecule has 0 aromatic heterocycles. The Hall–Kier alpha value is -3.33. The zero-order valence-corrected chi connectivity index (χ0v) is 28.7. The largest absolute Gasteiger partial charge is 0.490 e. The molecule has 2 aromatic rings. The van der Waals surface area contributed by atoms with Gasteiger partial charge in [-0.2, -0.15) is 0 Å². The lowest BCUT2D eigenvalue weighted by Gasteiger charge is -2.45. The van der Waals surface area contributed by atoms with E-state index in [1.807, 2.05) is 6.07 Å². The van der Waals surface area contributed by atoms with Crippen LogP contribution in [0.3, 0.4) is 0 Å². The summed E-state index contributed by atoms with van der Waals surface area (Å²) < 4.78 is 11.8. The minimum absolute atomic E-state index is 0.0944. The fourth-order valence-electron chi connectivity index (χ4n) is 8.01. The number of aliphatic hydroxyl groups excluding tert-OH is 1. The maximum absolute atomic E-state index is 13.7. The zero-order chi connectivity index (χ0) is 33.9. The molecule has 8 nitrogen and oxygen atoms in total. The average Bonchev–Trinajstić information content (AvgIpc) is 3.21. The van der Waals surface area contributed by atoms with Crippen LogP contribution in [0.5, 0.6) is 5.75 Å². The Labute approximate surface area is 284 Å². The number of ether oxygens (including phenoxy) is 2. The molecule has 0 radical (unpaired) electrons. The number of carbonyl (C=O) groups excluding carboxylic acids is 2. The van der Waals surface area contributed by atoms with E-state index in [0.717, 1.165) is 37.8 Å². The predicted octanol–water partition coefficient (Wildman–Crippen LogP) is 5.81. The second-order valence-corrected chi connectivity index (χ2v) is 14.0. The monoisotopic (exact) mass is 664 g/mol. The van der Waals surface area contributed by atoms with Gasteiger partial charge in [-0.1, -0.05) is 42.8 Å². The highest BCUT2D eigenvalue weighted by molar-refractivity contribution is 6.30. The Morgan fingerprint density at radius 3 is 2.70 bits per heavy atom. The SMILES string of the molecule is C=CCCN(C)C(=O)[C@@H](CC)[C@](O)(C(=O)OC)c1ccc2c(c1)N(C[C@@H]1CC[C@H]1[C@@H](O)C=C)C[C@@]1(CCCc3cc(Cl)ccc31)CO2. The molecule has 1 aliphatic heterocycles. The van der Waals surface area contributed by atoms with E-state index in [2.05, 4.69) is 30.2 Å². The van der Waals surface area contributed by atoms with Crippen molar-refractivity contribution >= 4 is 29.2 Å². The number of fused-ring (bicyclic) bond motifs is 3. The molecule has 1 amide bonds. The molecule has 2 aromatic carbocycles.